The average molecular weight is 300 g/mol. The van der Waals surface area contributed by atoms with Gasteiger partial charge in [0.25, 0.3) is 0 Å². The first-order valence-electron chi connectivity index (χ1n) is 6.59. The summed E-state index contributed by atoms with van der Waals surface area (Å²) in [6.45, 7) is 0. The third-order valence-electron chi connectivity index (χ3n) is 3.41. The van der Waals surface area contributed by atoms with E-state index in [1.54, 1.807) is 36.4 Å². The van der Waals surface area contributed by atoms with Crippen molar-refractivity contribution in [3.63, 3.8) is 0 Å². The van der Waals surface area contributed by atoms with E-state index >= 15 is 0 Å². The Kier molecular flexibility index (Phi) is 3.52. The largest absolute Gasteiger partial charge is 0.493 e. The highest BCUT2D eigenvalue weighted by Crippen LogP contribution is 2.27. The van der Waals surface area contributed by atoms with Crippen molar-refractivity contribution in [1.82, 2.24) is 9.97 Å². The second-order valence-electron chi connectivity index (χ2n) is 4.87. The number of aromatic amines is 2. The molecule has 5 nitrogen and oxygen atoms in total. The van der Waals surface area contributed by atoms with Gasteiger partial charge in [-0.1, -0.05) is 36.4 Å². The van der Waals surface area contributed by atoms with Crippen molar-refractivity contribution in [2.24, 2.45) is 0 Å². The fourth-order valence-corrected chi connectivity index (χ4v) is 2.25. The van der Waals surface area contributed by atoms with Crippen LogP contribution in [0, 0.1) is 5.82 Å². The van der Waals surface area contributed by atoms with E-state index in [-0.39, 0.29) is 17.4 Å². The molecule has 22 heavy (non-hydrogen) atoms. The third kappa shape index (κ3) is 2.64. The predicted molar refractivity (Wildman–Crippen MR) is 79.0 cm³/mol. The number of H-pyrrole nitrogens is 2. The van der Waals surface area contributed by atoms with Gasteiger partial charge in [-0.05, 0) is 28.8 Å². The van der Waals surface area contributed by atoms with Gasteiger partial charge in [-0.2, -0.15) is 0 Å². The molecule has 112 valence electrons. The first-order chi connectivity index (χ1) is 10.5. The molecular formula is C16H13FN2O3. The van der Waals surface area contributed by atoms with Gasteiger partial charge < -0.3 is 15.2 Å². The number of aliphatic hydroxyl groups is 1. The first-order valence-corrected chi connectivity index (χ1v) is 6.59. The van der Waals surface area contributed by atoms with Crippen LogP contribution in [-0.2, 0) is 0 Å². The number of hydrogen-bond donors (Lipinski definition) is 4. The smallest absolute Gasteiger partial charge is 0.326 e. The SMILES string of the molecule is O=c1[nH]c(O)c(C(O)c2ccc(-c3ccc(F)cc3)cc2)[nH]1. The van der Waals surface area contributed by atoms with Crippen molar-refractivity contribution in [2.75, 3.05) is 0 Å². The van der Waals surface area contributed by atoms with E-state index in [2.05, 4.69) is 9.97 Å². The van der Waals surface area contributed by atoms with Crippen molar-refractivity contribution < 1.29 is 14.6 Å². The Labute approximate surface area is 124 Å². The van der Waals surface area contributed by atoms with Gasteiger partial charge in [0.1, 0.15) is 17.6 Å². The van der Waals surface area contributed by atoms with Crippen LogP contribution in [0.5, 0.6) is 5.88 Å². The van der Waals surface area contributed by atoms with Crippen LogP contribution in [0.2, 0.25) is 0 Å². The highest BCUT2D eigenvalue weighted by atomic mass is 19.1. The zero-order valence-electron chi connectivity index (χ0n) is 11.4. The zero-order chi connectivity index (χ0) is 15.7. The minimum Gasteiger partial charge on any atom is -0.493 e. The normalized spacial score (nSPS) is 12.3. The molecule has 0 aliphatic rings. The molecule has 1 heterocycles. The molecule has 0 spiro atoms. The lowest BCUT2D eigenvalue weighted by atomic mass is 10.0. The van der Waals surface area contributed by atoms with Gasteiger partial charge in [0.2, 0.25) is 5.88 Å². The second-order valence-corrected chi connectivity index (χ2v) is 4.87. The summed E-state index contributed by atoms with van der Waals surface area (Å²) in [5.74, 6) is -0.692. The molecule has 0 amide bonds. The molecule has 3 rings (SSSR count). The molecule has 1 unspecified atom stereocenters. The first kappa shape index (κ1) is 14.1. The summed E-state index contributed by atoms with van der Waals surface area (Å²) in [4.78, 5) is 15.6. The number of nitrogens with one attached hydrogen (secondary N) is 2. The fraction of sp³-hybridized carbons (Fsp3) is 0.0625. The number of benzene rings is 2. The van der Waals surface area contributed by atoms with Gasteiger partial charge in [-0.25, -0.2) is 9.18 Å². The Morgan fingerprint density at radius 3 is 1.95 bits per heavy atom. The maximum atomic E-state index is 12.9. The maximum Gasteiger partial charge on any atom is 0.326 e. The number of aliphatic hydroxyl groups excluding tert-OH is 1. The molecule has 0 bridgehead atoms. The lowest BCUT2D eigenvalue weighted by molar-refractivity contribution is 0.210. The maximum absolute atomic E-state index is 12.9. The van der Waals surface area contributed by atoms with E-state index in [0.717, 1.165) is 11.1 Å². The minimum atomic E-state index is -1.15. The molecule has 0 fully saturated rings. The van der Waals surface area contributed by atoms with Crippen molar-refractivity contribution in [1.29, 1.82) is 0 Å². The van der Waals surface area contributed by atoms with Gasteiger partial charge in [0.15, 0.2) is 0 Å². The highest BCUT2D eigenvalue weighted by Gasteiger charge is 2.17. The summed E-state index contributed by atoms with van der Waals surface area (Å²) in [5.41, 5.74) is 1.65. The van der Waals surface area contributed by atoms with Crippen LogP contribution >= 0.6 is 0 Å². The van der Waals surface area contributed by atoms with E-state index in [1.165, 1.54) is 12.1 Å². The number of imidazole rings is 1. The molecule has 2 aromatic carbocycles. The van der Waals surface area contributed by atoms with Gasteiger partial charge in [0, 0.05) is 0 Å². The van der Waals surface area contributed by atoms with Crippen molar-refractivity contribution in [3.8, 4) is 17.0 Å². The predicted octanol–water partition coefficient (Wildman–Crippen LogP) is 2.30. The van der Waals surface area contributed by atoms with Crippen LogP contribution in [0.15, 0.2) is 53.3 Å². The van der Waals surface area contributed by atoms with E-state index in [4.69, 9.17) is 0 Å². The summed E-state index contributed by atoms with van der Waals surface area (Å²) < 4.78 is 12.9. The molecule has 1 aromatic heterocycles. The number of hydrogen-bond acceptors (Lipinski definition) is 3. The molecule has 6 heteroatoms. The van der Waals surface area contributed by atoms with Crippen LogP contribution in [0.3, 0.4) is 0 Å². The summed E-state index contributed by atoms with van der Waals surface area (Å²) in [6.07, 6.45) is -1.15. The summed E-state index contributed by atoms with van der Waals surface area (Å²) in [6, 6.07) is 13.0. The van der Waals surface area contributed by atoms with Crippen molar-refractivity contribution in [3.05, 3.63) is 76.1 Å². The molecule has 0 saturated heterocycles. The molecule has 1 atom stereocenters. The minimum absolute atomic E-state index is 0.0135. The van der Waals surface area contributed by atoms with E-state index in [9.17, 15) is 19.4 Å². The zero-order valence-corrected chi connectivity index (χ0v) is 11.4. The monoisotopic (exact) mass is 300 g/mol. The average Bonchev–Trinajstić information content (AvgIpc) is 2.86. The Morgan fingerprint density at radius 2 is 1.45 bits per heavy atom. The summed E-state index contributed by atoms with van der Waals surface area (Å²) in [7, 11) is 0. The fourth-order valence-electron chi connectivity index (χ4n) is 2.25. The summed E-state index contributed by atoms with van der Waals surface area (Å²) >= 11 is 0. The lowest BCUT2D eigenvalue weighted by Crippen LogP contribution is -2.05. The van der Waals surface area contributed by atoms with Gasteiger partial charge in [-0.3, -0.25) is 4.98 Å². The number of rotatable bonds is 3. The Balaban J connectivity index is 1.89. The van der Waals surface area contributed by atoms with Gasteiger partial charge in [-0.15, -0.1) is 0 Å². The number of aromatic nitrogens is 2. The van der Waals surface area contributed by atoms with Crippen LogP contribution in [0.1, 0.15) is 17.4 Å². The molecule has 0 aliphatic carbocycles. The lowest BCUT2D eigenvalue weighted by Gasteiger charge is -2.10. The third-order valence-corrected chi connectivity index (χ3v) is 3.41. The molecule has 4 N–H and O–H groups in total. The second kappa shape index (κ2) is 5.50. The highest BCUT2D eigenvalue weighted by molar-refractivity contribution is 5.63. The Morgan fingerprint density at radius 1 is 0.909 bits per heavy atom. The van der Waals surface area contributed by atoms with E-state index in [1.807, 2.05) is 0 Å². The van der Waals surface area contributed by atoms with Crippen molar-refractivity contribution in [2.45, 2.75) is 6.10 Å². The standard InChI is InChI=1S/C16H13FN2O3/c17-12-7-5-10(6-8-12)9-1-3-11(4-2-9)14(20)13-15(21)19-16(22)18-13/h1-8,14,20-21H,(H2,18,19,22). The van der Waals surface area contributed by atoms with Gasteiger partial charge in [0.05, 0.1) is 0 Å². The molecule has 0 aliphatic heterocycles. The van der Waals surface area contributed by atoms with Crippen LogP contribution in [0.4, 0.5) is 4.39 Å². The Hall–Kier alpha value is -2.86. The van der Waals surface area contributed by atoms with Crippen LogP contribution in [0.25, 0.3) is 11.1 Å². The van der Waals surface area contributed by atoms with Gasteiger partial charge >= 0.3 is 5.69 Å². The topological polar surface area (TPSA) is 89.1 Å². The van der Waals surface area contributed by atoms with E-state index in [0.29, 0.717) is 5.56 Å². The van der Waals surface area contributed by atoms with Crippen LogP contribution < -0.4 is 5.69 Å². The van der Waals surface area contributed by atoms with E-state index < -0.39 is 11.8 Å². The Bertz CT molecular complexity index is 835. The number of aromatic hydroxyl groups is 1. The molecule has 0 radical (unpaired) electrons. The quantitative estimate of drug-likeness (QED) is 0.598. The number of halogens is 1. The summed E-state index contributed by atoms with van der Waals surface area (Å²) in [5, 5.41) is 19.7. The molecular weight excluding hydrogens is 287 g/mol. The van der Waals surface area contributed by atoms with Crippen LogP contribution in [-0.4, -0.2) is 20.2 Å². The van der Waals surface area contributed by atoms with Crippen molar-refractivity contribution >= 4 is 0 Å². The molecule has 3 aromatic rings. The molecule has 0 saturated carbocycles.